The van der Waals surface area contributed by atoms with Crippen molar-refractivity contribution in [3.05, 3.63) is 53.6 Å². The summed E-state index contributed by atoms with van der Waals surface area (Å²) in [6.45, 7) is 2.06. The standard InChI is InChI=1S/C19H22N2O3/c1-13-4-6-14(7-5-13)19(10-11-19)21-18(22)20-15-8-9-16(23-2)17(12-15)24-3/h4-9,12H,10-11H2,1-3H3,(H2,20,21,22). The molecule has 126 valence electrons. The van der Waals surface area contributed by atoms with Gasteiger partial charge < -0.3 is 20.1 Å². The second-order valence-corrected chi connectivity index (χ2v) is 6.10. The molecule has 0 bridgehead atoms. The molecule has 0 radical (unpaired) electrons. The summed E-state index contributed by atoms with van der Waals surface area (Å²) < 4.78 is 10.5. The van der Waals surface area contributed by atoms with Crippen molar-refractivity contribution in [3.63, 3.8) is 0 Å². The van der Waals surface area contributed by atoms with Gasteiger partial charge in [0, 0.05) is 11.8 Å². The summed E-state index contributed by atoms with van der Waals surface area (Å²) in [6, 6.07) is 13.4. The van der Waals surface area contributed by atoms with Crippen molar-refractivity contribution in [2.45, 2.75) is 25.3 Å². The lowest BCUT2D eigenvalue weighted by Crippen LogP contribution is -2.38. The van der Waals surface area contributed by atoms with E-state index >= 15 is 0 Å². The normalized spacial score (nSPS) is 14.6. The molecule has 3 rings (SSSR count). The van der Waals surface area contributed by atoms with Crippen LogP contribution in [0.15, 0.2) is 42.5 Å². The number of ether oxygens (including phenoxy) is 2. The van der Waals surface area contributed by atoms with Crippen molar-refractivity contribution in [3.8, 4) is 11.5 Å². The summed E-state index contributed by atoms with van der Waals surface area (Å²) in [6.07, 6.45) is 1.91. The van der Waals surface area contributed by atoms with Crippen LogP contribution < -0.4 is 20.1 Å². The van der Waals surface area contributed by atoms with Gasteiger partial charge in [-0.25, -0.2) is 4.79 Å². The number of hydrogen-bond donors (Lipinski definition) is 2. The molecule has 0 saturated heterocycles. The molecule has 5 heteroatoms. The van der Waals surface area contributed by atoms with E-state index in [-0.39, 0.29) is 11.6 Å². The van der Waals surface area contributed by atoms with Crippen LogP contribution in [0.2, 0.25) is 0 Å². The molecule has 0 aromatic heterocycles. The molecule has 2 aromatic rings. The zero-order valence-electron chi connectivity index (χ0n) is 14.2. The molecule has 0 aliphatic heterocycles. The van der Waals surface area contributed by atoms with Gasteiger partial charge in [0.15, 0.2) is 11.5 Å². The Morgan fingerprint density at radius 3 is 2.25 bits per heavy atom. The van der Waals surface area contributed by atoms with Crippen LogP contribution in [0.5, 0.6) is 11.5 Å². The molecule has 1 saturated carbocycles. The summed E-state index contributed by atoms with van der Waals surface area (Å²) in [5, 5.41) is 5.96. The Hall–Kier alpha value is -2.69. The molecular weight excluding hydrogens is 304 g/mol. The average molecular weight is 326 g/mol. The monoisotopic (exact) mass is 326 g/mol. The quantitative estimate of drug-likeness (QED) is 0.878. The number of carbonyl (C=O) groups excluding carboxylic acids is 1. The SMILES string of the molecule is COc1ccc(NC(=O)NC2(c3ccc(C)cc3)CC2)cc1OC. The van der Waals surface area contributed by atoms with Gasteiger partial charge in [-0.3, -0.25) is 0 Å². The molecule has 1 aliphatic rings. The van der Waals surface area contributed by atoms with Crippen LogP contribution in [0.3, 0.4) is 0 Å². The lowest BCUT2D eigenvalue weighted by atomic mass is 10.0. The summed E-state index contributed by atoms with van der Waals surface area (Å²) in [5.74, 6) is 1.21. The number of methoxy groups -OCH3 is 2. The second-order valence-electron chi connectivity index (χ2n) is 6.10. The average Bonchev–Trinajstić information content (AvgIpc) is 3.35. The smallest absolute Gasteiger partial charge is 0.319 e. The van der Waals surface area contributed by atoms with Gasteiger partial charge in [0.05, 0.1) is 19.8 Å². The van der Waals surface area contributed by atoms with Crippen LogP contribution in [0, 0.1) is 6.92 Å². The maximum atomic E-state index is 12.4. The lowest BCUT2D eigenvalue weighted by molar-refractivity contribution is 0.247. The topological polar surface area (TPSA) is 59.6 Å². The number of hydrogen-bond acceptors (Lipinski definition) is 3. The van der Waals surface area contributed by atoms with Crippen molar-refractivity contribution >= 4 is 11.7 Å². The first-order valence-corrected chi connectivity index (χ1v) is 7.95. The molecule has 2 N–H and O–H groups in total. The summed E-state index contributed by atoms with van der Waals surface area (Å²) in [7, 11) is 3.15. The maximum absolute atomic E-state index is 12.4. The molecule has 24 heavy (non-hydrogen) atoms. The number of benzene rings is 2. The minimum Gasteiger partial charge on any atom is -0.493 e. The first-order chi connectivity index (χ1) is 11.6. The number of rotatable bonds is 5. The van der Waals surface area contributed by atoms with Crippen LogP contribution in [0.4, 0.5) is 10.5 Å². The van der Waals surface area contributed by atoms with Crippen LogP contribution in [0.25, 0.3) is 0 Å². The van der Waals surface area contributed by atoms with Gasteiger partial charge in [-0.1, -0.05) is 29.8 Å². The van der Waals surface area contributed by atoms with Crippen molar-refractivity contribution in [1.82, 2.24) is 5.32 Å². The van der Waals surface area contributed by atoms with Gasteiger partial charge in [-0.05, 0) is 37.5 Å². The van der Waals surface area contributed by atoms with Gasteiger partial charge in [0.25, 0.3) is 0 Å². The van der Waals surface area contributed by atoms with E-state index in [1.165, 1.54) is 5.56 Å². The predicted octanol–water partition coefficient (Wildman–Crippen LogP) is 3.82. The Morgan fingerprint density at radius 1 is 1.00 bits per heavy atom. The third-order valence-corrected chi connectivity index (χ3v) is 4.35. The Kier molecular flexibility index (Phi) is 4.34. The Bertz CT molecular complexity index is 737. The highest BCUT2D eigenvalue weighted by Gasteiger charge is 2.45. The van der Waals surface area contributed by atoms with E-state index in [4.69, 9.17) is 9.47 Å². The van der Waals surface area contributed by atoms with Gasteiger partial charge in [-0.15, -0.1) is 0 Å². The van der Waals surface area contributed by atoms with E-state index in [1.54, 1.807) is 32.4 Å². The zero-order chi connectivity index (χ0) is 17.2. The molecule has 2 amide bonds. The number of aryl methyl sites for hydroxylation is 1. The van der Waals surface area contributed by atoms with E-state index in [0.29, 0.717) is 17.2 Å². The number of amides is 2. The summed E-state index contributed by atoms with van der Waals surface area (Å²) in [4.78, 5) is 12.4. The third kappa shape index (κ3) is 3.30. The second kappa shape index (κ2) is 6.43. The van der Waals surface area contributed by atoms with Crippen LogP contribution in [-0.4, -0.2) is 20.3 Å². The van der Waals surface area contributed by atoms with Crippen molar-refractivity contribution in [2.75, 3.05) is 19.5 Å². The van der Waals surface area contributed by atoms with Crippen LogP contribution >= 0.6 is 0 Å². The highest BCUT2D eigenvalue weighted by molar-refractivity contribution is 5.90. The van der Waals surface area contributed by atoms with Gasteiger partial charge in [-0.2, -0.15) is 0 Å². The summed E-state index contributed by atoms with van der Waals surface area (Å²) >= 11 is 0. The molecular formula is C19H22N2O3. The Balaban J connectivity index is 1.69. The minimum atomic E-state index is -0.242. The molecule has 1 fully saturated rings. The van der Waals surface area contributed by atoms with E-state index in [9.17, 15) is 4.79 Å². The Labute approximate surface area is 142 Å². The van der Waals surface area contributed by atoms with Crippen LogP contribution in [-0.2, 0) is 5.54 Å². The van der Waals surface area contributed by atoms with Crippen molar-refractivity contribution < 1.29 is 14.3 Å². The largest absolute Gasteiger partial charge is 0.493 e. The van der Waals surface area contributed by atoms with E-state index in [0.717, 1.165) is 18.4 Å². The summed E-state index contributed by atoms with van der Waals surface area (Å²) in [5.41, 5.74) is 2.78. The van der Waals surface area contributed by atoms with E-state index in [2.05, 4.69) is 41.8 Å². The highest BCUT2D eigenvalue weighted by Crippen LogP contribution is 2.45. The molecule has 0 spiro atoms. The van der Waals surface area contributed by atoms with E-state index in [1.807, 2.05) is 0 Å². The fourth-order valence-corrected chi connectivity index (χ4v) is 2.78. The predicted molar refractivity (Wildman–Crippen MR) is 93.8 cm³/mol. The number of anilines is 1. The minimum absolute atomic E-state index is 0.222. The van der Waals surface area contributed by atoms with Gasteiger partial charge in [0.1, 0.15) is 0 Å². The van der Waals surface area contributed by atoms with Crippen LogP contribution in [0.1, 0.15) is 24.0 Å². The first kappa shape index (κ1) is 16.2. The molecule has 5 nitrogen and oxygen atoms in total. The number of nitrogens with one attached hydrogen (secondary N) is 2. The molecule has 0 atom stereocenters. The number of urea groups is 1. The fraction of sp³-hybridized carbons (Fsp3) is 0.316. The molecule has 0 heterocycles. The van der Waals surface area contributed by atoms with Gasteiger partial charge in [0.2, 0.25) is 0 Å². The molecule has 0 unspecified atom stereocenters. The molecule has 2 aromatic carbocycles. The highest BCUT2D eigenvalue weighted by atomic mass is 16.5. The van der Waals surface area contributed by atoms with Crippen molar-refractivity contribution in [2.24, 2.45) is 0 Å². The van der Waals surface area contributed by atoms with E-state index < -0.39 is 0 Å². The third-order valence-electron chi connectivity index (χ3n) is 4.35. The lowest BCUT2D eigenvalue weighted by Gasteiger charge is -2.19. The zero-order valence-corrected chi connectivity index (χ0v) is 14.2. The number of carbonyl (C=O) groups is 1. The van der Waals surface area contributed by atoms with Crippen molar-refractivity contribution in [1.29, 1.82) is 0 Å². The first-order valence-electron chi connectivity index (χ1n) is 7.95. The fourth-order valence-electron chi connectivity index (χ4n) is 2.78. The van der Waals surface area contributed by atoms with Gasteiger partial charge >= 0.3 is 6.03 Å². The maximum Gasteiger partial charge on any atom is 0.319 e. The molecule has 1 aliphatic carbocycles. The Morgan fingerprint density at radius 2 is 1.67 bits per heavy atom.